The molecule has 2 unspecified atom stereocenters. The fraction of sp³-hybridized carbons (Fsp3) is 0.692. The Labute approximate surface area is 175 Å². The van der Waals surface area contributed by atoms with Crippen molar-refractivity contribution in [2.24, 2.45) is 11.8 Å². The van der Waals surface area contributed by atoms with Crippen molar-refractivity contribution in [3.05, 3.63) is 47.5 Å². The van der Waals surface area contributed by atoms with E-state index in [1.807, 2.05) is 0 Å². The van der Waals surface area contributed by atoms with Crippen molar-refractivity contribution in [1.29, 1.82) is 0 Å². The molecular formula is C26H38F2O. The van der Waals surface area contributed by atoms with Gasteiger partial charge in [-0.1, -0.05) is 69.7 Å². The lowest BCUT2D eigenvalue weighted by atomic mass is 9.75. The zero-order chi connectivity index (χ0) is 20.5. The zero-order valence-corrected chi connectivity index (χ0v) is 18.1. The monoisotopic (exact) mass is 404 g/mol. The van der Waals surface area contributed by atoms with Crippen molar-refractivity contribution in [3.63, 3.8) is 0 Å². The molecule has 1 aromatic carbocycles. The van der Waals surface area contributed by atoms with Crippen LogP contribution >= 0.6 is 0 Å². The Morgan fingerprint density at radius 1 is 1.00 bits per heavy atom. The molecule has 1 nitrogen and oxygen atoms in total. The Morgan fingerprint density at radius 2 is 1.76 bits per heavy atom. The lowest BCUT2D eigenvalue weighted by Gasteiger charge is -2.38. The molecule has 1 aliphatic heterocycles. The lowest BCUT2D eigenvalue weighted by Crippen LogP contribution is -2.33. The molecule has 1 heterocycles. The molecule has 0 amide bonds. The van der Waals surface area contributed by atoms with Gasteiger partial charge in [-0.2, -0.15) is 8.78 Å². The first-order valence-electron chi connectivity index (χ1n) is 11.9. The molecule has 29 heavy (non-hydrogen) atoms. The minimum absolute atomic E-state index is 0.400. The van der Waals surface area contributed by atoms with E-state index in [0.29, 0.717) is 24.9 Å². The summed E-state index contributed by atoms with van der Waals surface area (Å²) in [5, 5.41) is 0. The second kappa shape index (κ2) is 11.8. The second-order valence-corrected chi connectivity index (χ2v) is 9.20. The van der Waals surface area contributed by atoms with E-state index in [2.05, 4.69) is 31.2 Å². The second-order valence-electron chi connectivity index (χ2n) is 9.20. The Morgan fingerprint density at radius 3 is 2.38 bits per heavy atom. The molecule has 0 bridgehead atoms. The van der Waals surface area contributed by atoms with Crippen LogP contribution in [0.2, 0.25) is 0 Å². The average Bonchev–Trinajstić information content (AvgIpc) is 2.75. The molecule has 3 heteroatoms. The van der Waals surface area contributed by atoms with Gasteiger partial charge in [0.2, 0.25) is 0 Å². The van der Waals surface area contributed by atoms with Crippen LogP contribution in [0.25, 0.3) is 0 Å². The molecule has 1 aliphatic carbocycles. The third-order valence-corrected chi connectivity index (χ3v) is 7.13. The van der Waals surface area contributed by atoms with Gasteiger partial charge in [-0.3, -0.25) is 0 Å². The highest BCUT2D eigenvalue weighted by atomic mass is 19.3. The largest absolute Gasteiger partial charge is 0.377 e. The van der Waals surface area contributed by atoms with Crippen LogP contribution in [0, 0.1) is 11.8 Å². The van der Waals surface area contributed by atoms with Crippen molar-refractivity contribution >= 4 is 0 Å². The van der Waals surface area contributed by atoms with Crippen LogP contribution < -0.4 is 0 Å². The molecule has 0 spiro atoms. The number of allylic oxidation sites excluding steroid dienone is 1. The van der Waals surface area contributed by atoms with Gasteiger partial charge in [-0.25, -0.2) is 0 Å². The van der Waals surface area contributed by atoms with Gasteiger partial charge < -0.3 is 4.74 Å². The van der Waals surface area contributed by atoms with Gasteiger partial charge in [0.1, 0.15) is 0 Å². The van der Waals surface area contributed by atoms with Crippen LogP contribution in [-0.2, 0) is 11.2 Å². The van der Waals surface area contributed by atoms with Crippen molar-refractivity contribution in [1.82, 2.24) is 0 Å². The van der Waals surface area contributed by atoms with E-state index in [-0.39, 0.29) is 0 Å². The topological polar surface area (TPSA) is 9.23 Å². The summed E-state index contributed by atoms with van der Waals surface area (Å²) in [6.45, 7) is 3.12. The van der Waals surface area contributed by atoms with Crippen LogP contribution in [0.3, 0.4) is 0 Å². The highest BCUT2D eigenvalue weighted by molar-refractivity contribution is 5.26. The number of ether oxygens (including phenoxy) is 1. The third-order valence-electron chi connectivity index (χ3n) is 7.13. The van der Waals surface area contributed by atoms with Gasteiger partial charge in [-0.15, -0.1) is 0 Å². The summed E-state index contributed by atoms with van der Waals surface area (Å²) in [7, 11) is 0. The van der Waals surface area contributed by atoms with Crippen molar-refractivity contribution in [2.75, 3.05) is 6.61 Å². The van der Waals surface area contributed by atoms with Crippen LogP contribution in [0.15, 0.2) is 36.4 Å². The predicted molar refractivity (Wildman–Crippen MR) is 116 cm³/mol. The molecule has 0 radical (unpaired) electrons. The molecule has 2 fully saturated rings. The molecule has 0 N–H and O–H groups in total. The zero-order valence-electron chi connectivity index (χ0n) is 18.1. The third kappa shape index (κ3) is 7.20. The highest BCUT2D eigenvalue weighted by Gasteiger charge is 2.31. The molecule has 2 aliphatic rings. The average molecular weight is 405 g/mol. The van der Waals surface area contributed by atoms with Gasteiger partial charge in [-0.05, 0) is 67.6 Å². The number of hydrogen-bond donors (Lipinski definition) is 0. The van der Waals surface area contributed by atoms with Crippen LogP contribution in [-0.4, -0.2) is 12.7 Å². The Hall–Kier alpha value is -1.22. The predicted octanol–water partition coefficient (Wildman–Crippen LogP) is 8.05. The first-order valence-corrected chi connectivity index (χ1v) is 11.9. The highest BCUT2D eigenvalue weighted by Crippen LogP contribution is 2.39. The number of hydrogen-bond acceptors (Lipinski definition) is 1. The van der Waals surface area contributed by atoms with E-state index in [9.17, 15) is 8.78 Å². The molecule has 2 atom stereocenters. The fourth-order valence-corrected chi connectivity index (χ4v) is 5.24. The summed E-state index contributed by atoms with van der Waals surface area (Å²) < 4.78 is 30.6. The minimum atomic E-state index is -1.58. The number of halogens is 2. The van der Waals surface area contributed by atoms with E-state index in [1.165, 1.54) is 69.8 Å². The summed E-state index contributed by atoms with van der Waals surface area (Å²) in [4.78, 5) is 0. The molecule has 1 aromatic rings. The normalized spacial score (nSPS) is 27.6. The van der Waals surface area contributed by atoms with Crippen molar-refractivity contribution < 1.29 is 13.5 Å². The van der Waals surface area contributed by atoms with E-state index < -0.39 is 6.08 Å². The van der Waals surface area contributed by atoms with Crippen LogP contribution in [0.4, 0.5) is 8.78 Å². The maximum absolute atomic E-state index is 12.1. The summed E-state index contributed by atoms with van der Waals surface area (Å²) >= 11 is 0. The Bertz CT molecular complexity index is 604. The summed E-state index contributed by atoms with van der Waals surface area (Å²) in [6, 6.07) is 8.51. The van der Waals surface area contributed by atoms with Gasteiger partial charge >= 0.3 is 0 Å². The summed E-state index contributed by atoms with van der Waals surface area (Å²) in [6.07, 6.45) is 14.4. The Balaban J connectivity index is 1.39. The maximum Gasteiger partial charge on any atom is 0.266 e. The lowest BCUT2D eigenvalue weighted by molar-refractivity contribution is -0.0436. The molecule has 0 aromatic heterocycles. The first kappa shape index (κ1) is 22.5. The van der Waals surface area contributed by atoms with Crippen molar-refractivity contribution in [2.45, 2.75) is 96.0 Å². The van der Waals surface area contributed by atoms with Crippen LogP contribution in [0.1, 0.15) is 94.6 Å². The maximum atomic E-state index is 12.1. The molecule has 3 rings (SSSR count). The number of unbranched alkanes of at least 4 members (excludes halogenated alkanes) is 2. The smallest absolute Gasteiger partial charge is 0.266 e. The summed E-state index contributed by atoms with van der Waals surface area (Å²) in [5.41, 5.74) is 2.45. The number of aryl methyl sites for hydroxylation is 1. The van der Waals surface area contributed by atoms with Crippen molar-refractivity contribution in [3.8, 4) is 0 Å². The SMILES string of the molecule is CCCCCC1CCC(C2CCC(c3ccc(CCC=C(F)F)cc3)CO2)CC1. The van der Waals surface area contributed by atoms with E-state index in [0.717, 1.165) is 30.1 Å². The minimum Gasteiger partial charge on any atom is -0.377 e. The summed E-state index contributed by atoms with van der Waals surface area (Å²) in [5.74, 6) is 2.21. The van der Waals surface area contributed by atoms with Gasteiger partial charge in [0.25, 0.3) is 6.08 Å². The molecule has 162 valence electrons. The van der Waals surface area contributed by atoms with Gasteiger partial charge in [0.15, 0.2) is 0 Å². The molecule has 1 saturated heterocycles. The fourth-order valence-electron chi connectivity index (χ4n) is 5.24. The number of benzene rings is 1. The Kier molecular flexibility index (Phi) is 9.17. The van der Waals surface area contributed by atoms with Crippen LogP contribution in [0.5, 0.6) is 0 Å². The van der Waals surface area contributed by atoms with E-state index in [1.54, 1.807) is 0 Å². The van der Waals surface area contributed by atoms with Gasteiger partial charge in [0.05, 0.1) is 12.7 Å². The first-order chi connectivity index (χ1) is 14.2. The quantitative estimate of drug-likeness (QED) is 0.378. The number of rotatable bonds is 9. The van der Waals surface area contributed by atoms with E-state index >= 15 is 0 Å². The standard InChI is InChI=1S/C26H38F2O/c1-2-3-4-6-20-11-15-23(16-12-20)25-18-17-24(19-29-25)22-13-9-21(10-14-22)7-5-8-26(27)28/h8-10,13-14,20,23-25H,2-7,11-12,15-19H2,1H3. The van der Waals surface area contributed by atoms with Gasteiger partial charge in [0, 0.05) is 5.92 Å². The van der Waals surface area contributed by atoms with E-state index in [4.69, 9.17) is 4.74 Å². The molecular weight excluding hydrogens is 366 g/mol. The molecule has 1 saturated carbocycles.